The molecule has 4 heteroatoms. The Hall–Kier alpha value is -1.84. The molecule has 1 aliphatic rings. The lowest BCUT2D eigenvalue weighted by Gasteiger charge is -2.17. The highest BCUT2D eigenvalue weighted by molar-refractivity contribution is 5.72. The maximum absolute atomic E-state index is 5.98. The molecule has 2 rings (SSSR count). The van der Waals surface area contributed by atoms with E-state index in [2.05, 4.69) is 17.5 Å². The lowest BCUT2D eigenvalue weighted by molar-refractivity contribution is 0.355. The molecular weight excluding hydrogens is 216 g/mol. The minimum absolute atomic E-state index is 0.426. The van der Waals surface area contributed by atoms with Crippen LogP contribution in [0, 0.1) is 0 Å². The molecule has 0 amide bonds. The van der Waals surface area contributed by atoms with Gasteiger partial charge in [-0.15, -0.1) is 0 Å². The van der Waals surface area contributed by atoms with Crippen molar-refractivity contribution in [3.05, 3.63) is 24.3 Å². The first-order valence-corrected chi connectivity index (χ1v) is 5.67. The molecule has 1 aliphatic carbocycles. The van der Waals surface area contributed by atoms with E-state index in [9.17, 15) is 0 Å². The van der Waals surface area contributed by atoms with Crippen molar-refractivity contribution in [2.24, 2.45) is 0 Å². The number of nitrogens with one attached hydrogen (secondary N) is 1. The molecule has 0 unspecified atom stereocenters. The van der Waals surface area contributed by atoms with Crippen LogP contribution in [0.1, 0.15) is 12.8 Å². The van der Waals surface area contributed by atoms with E-state index in [1.807, 2.05) is 6.07 Å². The van der Waals surface area contributed by atoms with E-state index in [1.165, 1.54) is 0 Å². The van der Waals surface area contributed by atoms with Gasteiger partial charge in [-0.2, -0.15) is 0 Å². The van der Waals surface area contributed by atoms with Crippen LogP contribution in [0.3, 0.4) is 0 Å². The zero-order chi connectivity index (χ0) is 12.3. The standard InChI is InChI=1S/C13H18N2O2/c1-16-12-7-10(14)11(8-13(12)17-2)15-9-5-3-4-6-9/h3-4,7-9,15H,5-6,14H2,1-2H3. The summed E-state index contributed by atoms with van der Waals surface area (Å²) in [5.41, 5.74) is 7.56. The number of benzene rings is 1. The van der Waals surface area contributed by atoms with Crippen LogP contribution in [0.4, 0.5) is 11.4 Å². The van der Waals surface area contributed by atoms with Crippen LogP contribution in [-0.2, 0) is 0 Å². The highest BCUT2D eigenvalue weighted by Gasteiger charge is 2.14. The summed E-state index contributed by atoms with van der Waals surface area (Å²) in [7, 11) is 3.22. The number of rotatable bonds is 4. The summed E-state index contributed by atoms with van der Waals surface area (Å²) in [6, 6.07) is 4.09. The smallest absolute Gasteiger partial charge is 0.162 e. The second-order valence-corrected chi connectivity index (χ2v) is 4.08. The van der Waals surface area contributed by atoms with Gasteiger partial charge < -0.3 is 20.5 Å². The number of hydrogen-bond donors (Lipinski definition) is 2. The summed E-state index contributed by atoms with van der Waals surface area (Å²) in [5, 5.41) is 3.41. The zero-order valence-electron chi connectivity index (χ0n) is 10.2. The van der Waals surface area contributed by atoms with Crippen molar-refractivity contribution < 1.29 is 9.47 Å². The van der Waals surface area contributed by atoms with E-state index in [-0.39, 0.29) is 0 Å². The lowest BCUT2D eigenvalue weighted by Crippen LogP contribution is -2.16. The Morgan fingerprint density at radius 1 is 1.12 bits per heavy atom. The summed E-state index contributed by atoms with van der Waals surface area (Å²) in [6.07, 6.45) is 6.42. The Balaban J connectivity index is 2.21. The second kappa shape index (κ2) is 4.99. The number of ether oxygens (including phenoxy) is 2. The molecule has 0 saturated heterocycles. The van der Waals surface area contributed by atoms with Crippen molar-refractivity contribution in [1.82, 2.24) is 0 Å². The van der Waals surface area contributed by atoms with E-state index >= 15 is 0 Å². The molecule has 0 saturated carbocycles. The van der Waals surface area contributed by atoms with Crippen molar-refractivity contribution >= 4 is 11.4 Å². The van der Waals surface area contributed by atoms with Crippen LogP contribution >= 0.6 is 0 Å². The Bertz CT molecular complexity index is 422. The molecule has 0 radical (unpaired) electrons. The number of methoxy groups -OCH3 is 2. The van der Waals surface area contributed by atoms with Crippen LogP contribution in [0.2, 0.25) is 0 Å². The van der Waals surface area contributed by atoms with Crippen LogP contribution in [-0.4, -0.2) is 20.3 Å². The van der Waals surface area contributed by atoms with Gasteiger partial charge >= 0.3 is 0 Å². The topological polar surface area (TPSA) is 56.5 Å². The number of anilines is 2. The average Bonchev–Trinajstić information content (AvgIpc) is 2.84. The van der Waals surface area contributed by atoms with Gasteiger partial charge in [0.25, 0.3) is 0 Å². The molecule has 1 aromatic carbocycles. The van der Waals surface area contributed by atoms with E-state index in [4.69, 9.17) is 15.2 Å². The summed E-state index contributed by atoms with van der Waals surface area (Å²) in [6.45, 7) is 0. The predicted molar refractivity (Wildman–Crippen MR) is 69.7 cm³/mol. The fraction of sp³-hybridized carbons (Fsp3) is 0.385. The fourth-order valence-electron chi connectivity index (χ4n) is 1.97. The molecule has 0 aliphatic heterocycles. The third-order valence-corrected chi connectivity index (χ3v) is 2.92. The number of hydrogen-bond acceptors (Lipinski definition) is 4. The van der Waals surface area contributed by atoms with E-state index in [0.717, 1.165) is 18.5 Å². The normalized spacial score (nSPS) is 14.9. The molecule has 0 atom stereocenters. The number of nitrogens with two attached hydrogens (primary N) is 1. The van der Waals surface area contributed by atoms with Gasteiger partial charge in [-0.3, -0.25) is 0 Å². The average molecular weight is 234 g/mol. The first-order valence-electron chi connectivity index (χ1n) is 5.67. The quantitative estimate of drug-likeness (QED) is 0.620. The van der Waals surface area contributed by atoms with Gasteiger partial charge in [0.15, 0.2) is 11.5 Å². The molecule has 0 bridgehead atoms. The summed E-state index contributed by atoms with van der Waals surface area (Å²) < 4.78 is 10.5. The number of nitrogen functional groups attached to an aromatic ring is 1. The van der Waals surface area contributed by atoms with Gasteiger partial charge in [0.05, 0.1) is 25.6 Å². The molecule has 0 heterocycles. The molecule has 0 spiro atoms. The van der Waals surface area contributed by atoms with Crippen molar-refractivity contribution in [3.63, 3.8) is 0 Å². The Kier molecular flexibility index (Phi) is 3.42. The van der Waals surface area contributed by atoms with Crippen molar-refractivity contribution in [2.45, 2.75) is 18.9 Å². The van der Waals surface area contributed by atoms with E-state index < -0.39 is 0 Å². The van der Waals surface area contributed by atoms with E-state index in [1.54, 1.807) is 20.3 Å². The van der Waals surface area contributed by atoms with Crippen molar-refractivity contribution in [2.75, 3.05) is 25.3 Å². The van der Waals surface area contributed by atoms with Crippen LogP contribution in [0.25, 0.3) is 0 Å². The summed E-state index contributed by atoms with van der Waals surface area (Å²) in [5.74, 6) is 1.34. The third kappa shape index (κ3) is 2.46. The van der Waals surface area contributed by atoms with Gasteiger partial charge in [-0.25, -0.2) is 0 Å². The van der Waals surface area contributed by atoms with Gasteiger partial charge in [0.1, 0.15) is 0 Å². The molecule has 4 nitrogen and oxygen atoms in total. The third-order valence-electron chi connectivity index (χ3n) is 2.92. The molecule has 3 N–H and O–H groups in total. The molecule has 0 fully saturated rings. The van der Waals surface area contributed by atoms with Crippen LogP contribution in [0.15, 0.2) is 24.3 Å². The zero-order valence-corrected chi connectivity index (χ0v) is 10.2. The first kappa shape index (κ1) is 11.6. The Morgan fingerprint density at radius 2 is 1.71 bits per heavy atom. The predicted octanol–water partition coefficient (Wildman–Crippen LogP) is 2.42. The molecule has 92 valence electrons. The molecule has 1 aromatic rings. The summed E-state index contributed by atoms with van der Waals surface area (Å²) >= 11 is 0. The van der Waals surface area contributed by atoms with E-state index in [0.29, 0.717) is 23.2 Å². The Labute approximate surface area is 101 Å². The SMILES string of the molecule is COc1cc(N)c(NC2CC=CC2)cc1OC. The second-order valence-electron chi connectivity index (χ2n) is 4.08. The highest BCUT2D eigenvalue weighted by Crippen LogP contribution is 2.35. The highest BCUT2D eigenvalue weighted by atomic mass is 16.5. The molecular formula is C13H18N2O2. The molecule has 0 aromatic heterocycles. The van der Waals surface area contributed by atoms with Gasteiger partial charge in [0, 0.05) is 18.2 Å². The molecule has 17 heavy (non-hydrogen) atoms. The minimum atomic E-state index is 0.426. The summed E-state index contributed by atoms with van der Waals surface area (Å²) in [4.78, 5) is 0. The largest absolute Gasteiger partial charge is 0.493 e. The van der Waals surface area contributed by atoms with Crippen LogP contribution < -0.4 is 20.5 Å². The van der Waals surface area contributed by atoms with Crippen molar-refractivity contribution in [3.8, 4) is 11.5 Å². The lowest BCUT2D eigenvalue weighted by atomic mass is 10.2. The van der Waals surface area contributed by atoms with Gasteiger partial charge in [-0.05, 0) is 12.8 Å². The Morgan fingerprint density at radius 3 is 2.29 bits per heavy atom. The van der Waals surface area contributed by atoms with Gasteiger partial charge in [-0.1, -0.05) is 12.2 Å². The first-order chi connectivity index (χ1) is 8.24. The van der Waals surface area contributed by atoms with Crippen molar-refractivity contribution in [1.29, 1.82) is 0 Å². The monoisotopic (exact) mass is 234 g/mol. The minimum Gasteiger partial charge on any atom is -0.493 e. The maximum Gasteiger partial charge on any atom is 0.162 e. The van der Waals surface area contributed by atoms with Gasteiger partial charge in [0.2, 0.25) is 0 Å². The fourth-order valence-corrected chi connectivity index (χ4v) is 1.97. The maximum atomic E-state index is 5.98. The van der Waals surface area contributed by atoms with Crippen LogP contribution in [0.5, 0.6) is 11.5 Å².